The van der Waals surface area contributed by atoms with Crippen LogP contribution in [0.5, 0.6) is 0 Å². The molecule has 0 amide bonds. The largest absolute Gasteiger partial charge is 0.370 e. The van der Waals surface area contributed by atoms with Gasteiger partial charge in [-0.3, -0.25) is 4.98 Å². The maximum absolute atomic E-state index is 14.5. The number of fused-ring (bicyclic) bond motifs is 2. The third-order valence-corrected chi connectivity index (χ3v) is 5.06. The van der Waals surface area contributed by atoms with Crippen molar-refractivity contribution in [2.45, 2.75) is 6.92 Å². The van der Waals surface area contributed by atoms with Gasteiger partial charge in [0, 0.05) is 53.2 Å². The van der Waals surface area contributed by atoms with Crippen molar-refractivity contribution in [3.05, 3.63) is 79.1 Å². The second kappa shape index (κ2) is 7.48. The van der Waals surface area contributed by atoms with E-state index in [-0.39, 0.29) is 5.82 Å². The quantitative estimate of drug-likeness (QED) is 0.437. The van der Waals surface area contributed by atoms with Crippen LogP contribution in [0.4, 0.5) is 10.2 Å². The van der Waals surface area contributed by atoms with Gasteiger partial charge in [-0.05, 0) is 54.3 Å². The third-order valence-electron chi connectivity index (χ3n) is 5.06. The molecule has 0 saturated carbocycles. The summed E-state index contributed by atoms with van der Waals surface area (Å²) in [6, 6.07) is 14.4. The molecule has 0 atom stereocenters. The number of benzene rings is 1. The fourth-order valence-corrected chi connectivity index (χ4v) is 3.70. The van der Waals surface area contributed by atoms with Crippen LogP contribution in [0.3, 0.4) is 0 Å². The van der Waals surface area contributed by atoms with Gasteiger partial charge in [-0.25, -0.2) is 19.3 Å². The predicted octanol–water partition coefficient (Wildman–Crippen LogP) is 5.48. The van der Waals surface area contributed by atoms with Crippen LogP contribution in [0.2, 0.25) is 0 Å². The Hall–Kier alpha value is -3.93. The standard InChI is InChI=1S/C24H18FN5/c1-2-27-23-20-13-26-11-9-15(20)19(14-29-23)18-12-22(17-6-3-4-8-21(17)25)30-24-16(18)7-5-10-28-24/h3-14H,2H2,1H3,(H,27,29). The summed E-state index contributed by atoms with van der Waals surface area (Å²) >= 11 is 0. The summed E-state index contributed by atoms with van der Waals surface area (Å²) in [6.07, 6.45) is 7.11. The Bertz CT molecular complexity index is 1380. The fraction of sp³-hybridized carbons (Fsp3) is 0.0833. The van der Waals surface area contributed by atoms with E-state index in [9.17, 15) is 4.39 Å². The van der Waals surface area contributed by atoms with Crippen LogP contribution in [0.15, 0.2) is 73.3 Å². The van der Waals surface area contributed by atoms with Gasteiger partial charge in [-0.2, -0.15) is 0 Å². The van der Waals surface area contributed by atoms with Gasteiger partial charge in [0.2, 0.25) is 0 Å². The zero-order valence-corrected chi connectivity index (χ0v) is 16.3. The molecule has 0 fully saturated rings. The van der Waals surface area contributed by atoms with E-state index in [1.165, 1.54) is 6.07 Å². The number of aromatic nitrogens is 4. The van der Waals surface area contributed by atoms with Gasteiger partial charge in [-0.15, -0.1) is 0 Å². The summed E-state index contributed by atoms with van der Waals surface area (Å²) in [5.41, 5.74) is 3.36. The second-order valence-corrected chi connectivity index (χ2v) is 6.88. The molecule has 4 aromatic heterocycles. The molecule has 0 radical (unpaired) electrons. The molecular formula is C24H18FN5. The molecule has 0 spiro atoms. The Balaban J connectivity index is 1.83. The minimum atomic E-state index is -0.319. The van der Waals surface area contributed by atoms with Crippen LogP contribution in [0.1, 0.15) is 6.92 Å². The molecule has 0 unspecified atom stereocenters. The van der Waals surface area contributed by atoms with Crippen LogP contribution >= 0.6 is 0 Å². The normalized spacial score (nSPS) is 11.1. The summed E-state index contributed by atoms with van der Waals surface area (Å²) in [7, 11) is 0. The Morgan fingerprint density at radius 3 is 2.60 bits per heavy atom. The van der Waals surface area contributed by atoms with Crippen LogP contribution in [0, 0.1) is 5.82 Å². The number of hydrogen-bond donors (Lipinski definition) is 1. The van der Waals surface area contributed by atoms with E-state index in [4.69, 9.17) is 0 Å². The van der Waals surface area contributed by atoms with E-state index in [1.807, 2.05) is 43.6 Å². The molecule has 1 aromatic carbocycles. The minimum absolute atomic E-state index is 0.319. The Morgan fingerprint density at radius 1 is 0.833 bits per heavy atom. The van der Waals surface area contributed by atoms with Crippen molar-refractivity contribution in [3.8, 4) is 22.4 Å². The first-order valence-electron chi connectivity index (χ1n) is 9.74. The van der Waals surface area contributed by atoms with E-state index in [0.717, 1.165) is 39.6 Å². The van der Waals surface area contributed by atoms with E-state index < -0.39 is 0 Å². The number of halogens is 1. The second-order valence-electron chi connectivity index (χ2n) is 6.88. The molecule has 6 heteroatoms. The number of anilines is 1. The summed E-state index contributed by atoms with van der Waals surface area (Å²) in [6.45, 7) is 2.79. The van der Waals surface area contributed by atoms with Crippen molar-refractivity contribution in [1.29, 1.82) is 0 Å². The van der Waals surface area contributed by atoms with Gasteiger partial charge in [0.05, 0.1) is 5.69 Å². The van der Waals surface area contributed by atoms with Crippen molar-refractivity contribution < 1.29 is 4.39 Å². The van der Waals surface area contributed by atoms with Gasteiger partial charge in [-0.1, -0.05) is 12.1 Å². The van der Waals surface area contributed by atoms with Crippen LogP contribution in [-0.4, -0.2) is 26.5 Å². The van der Waals surface area contributed by atoms with Crippen LogP contribution in [-0.2, 0) is 0 Å². The first kappa shape index (κ1) is 18.1. The molecule has 5 rings (SSSR count). The molecule has 146 valence electrons. The van der Waals surface area contributed by atoms with E-state index in [2.05, 4.69) is 25.3 Å². The average Bonchev–Trinajstić information content (AvgIpc) is 2.79. The lowest BCUT2D eigenvalue weighted by molar-refractivity contribution is 0.631. The minimum Gasteiger partial charge on any atom is -0.370 e. The smallest absolute Gasteiger partial charge is 0.160 e. The zero-order chi connectivity index (χ0) is 20.5. The molecule has 0 aliphatic rings. The zero-order valence-electron chi connectivity index (χ0n) is 16.3. The molecule has 5 aromatic rings. The summed E-state index contributed by atoms with van der Waals surface area (Å²) in [5.74, 6) is 0.469. The highest BCUT2D eigenvalue weighted by atomic mass is 19.1. The highest BCUT2D eigenvalue weighted by Crippen LogP contribution is 2.36. The summed E-state index contributed by atoms with van der Waals surface area (Å²) < 4.78 is 14.5. The molecule has 0 saturated heterocycles. The van der Waals surface area contributed by atoms with E-state index in [0.29, 0.717) is 16.9 Å². The van der Waals surface area contributed by atoms with Gasteiger partial charge in [0.15, 0.2) is 5.65 Å². The van der Waals surface area contributed by atoms with Gasteiger partial charge >= 0.3 is 0 Å². The number of rotatable bonds is 4. The van der Waals surface area contributed by atoms with Gasteiger partial charge in [0.1, 0.15) is 11.6 Å². The van der Waals surface area contributed by atoms with E-state index >= 15 is 0 Å². The number of hydrogen-bond acceptors (Lipinski definition) is 5. The molecule has 0 aliphatic heterocycles. The van der Waals surface area contributed by atoms with Crippen molar-refractivity contribution in [1.82, 2.24) is 19.9 Å². The molecule has 5 nitrogen and oxygen atoms in total. The Morgan fingerprint density at radius 2 is 1.73 bits per heavy atom. The van der Waals surface area contributed by atoms with Crippen molar-refractivity contribution in [2.75, 3.05) is 11.9 Å². The Labute approximate surface area is 172 Å². The van der Waals surface area contributed by atoms with Crippen molar-refractivity contribution >= 4 is 27.6 Å². The first-order valence-corrected chi connectivity index (χ1v) is 9.74. The average molecular weight is 395 g/mol. The number of nitrogens with one attached hydrogen (secondary N) is 1. The Kier molecular flexibility index (Phi) is 4.52. The summed E-state index contributed by atoms with van der Waals surface area (Å²) in [5, 5.41) is 6.10. The van der Waals surface area contributed by atoms with Crippen LogP contribution in [0.25, 0.3) is 44.2 Å². The first-order chi connectivity index (χ1) is 14.8. The van der Waals surface area contributed by atoms with Crippen LogP contribution < -0.4 is 5.32 Å². The summed E-state index contributed by atoms with van der Waals surface area (Å²) in [4.78, 5) is 18.0. The lowest BCUT2D eigenvalue weighted by Crippen LogP contribution is -2.01. The molecular weight excluding hydrogens is 377 g/mol. The fourth-order valence-electron chi connectivity index (χ4n) is 3.70. The molecule has 0 aliphatic carbocycles. The third kappa shape index (κ3) is 3.03. The maximum Gasteiger partial charge on any atom is 0.160 e. The lowest BCUT2D eigenvalue weighted by atomic mass is 9.97. The molecule has 4 heterocycles. The highest BCUT2D eigenvalue weighted by molar-refractivity contribution is 6.07. The monoisotopic (exact) mass is 395 g/mol. The van der Waals surface area contributed by atoms with Gasteiger partial charge in [0.25, 0.3) is 0 Å². The van der Waals surface area contributed by atoms with Crippen molar-refractivity contribution in [3.63, 3.8) is 0 Å². The highest BCUT2D eigenvalue weighted by Gasteiger charge is 2.16. The molecule has 30 heavy (non-hydrogen) atoms. The van der Waals surface area contributed by atoms with E-state index in [1.54, 1.807) is 30.6 Å². The topological polar surface area (TPSA) is 63.6 Å². The number of nitrogens with zero attached hydrogens (tertiary/aromatic N) is 4. The maximum atomic E-state index is 14.5. The van der Waals surface area contributed by atoms with Crippen molar-refractivity contribution in [2.24, 2.45) is 0 Å². The van der Waals surface area contributed by atoms with Gasteiger partial charge < -0.3 is 5.32 Å². The number of pyridine rings is 4. The lowest BCUT2D eigenvalue weighted by Gasteiger charge is -2.14. The molecule has 1 N–H and O–H groups in total. The predicted molar refractivity (Wildman–Crippen MR) is 118 cm³/mol. The SMILES string of the molecule is CCNc1ncc(-c2cc(-c3ccccc3F)nc3ncccc23)c2ccncc12. The molecule has 0 bridgehead atoms.